The molecular formula is C19H21NO8. The lowest BCUT2D eigenvalue weighted by molar-refractivity contribution is -0.385. The molecule has 0 heterocycles. The van der Waals surface area contributed by atoms with E-state index in [0.717, 1.165) is 6.07 Å². The van der Waals surface area contributed by atoms with E-state index in [2.05, 4.69) is 0 Å². The van der Waals surface area contributed by atoms with E-state index in [1.807, 2.05) is 0 Å². The Balaban J connectivity index is 2.03. The van der Waals surface area contributed by atoms with Crippen LogP contribution in [0.5, 0.6) is 23.0 Å². The summed E-state index contributed by atoms with van der Waals surface area (Å²) in [5.41, 5.74) is -0.653. The number of esters is 1. The Morgan fingerprint density at radius 1 is 0.964 bits per heavy atom. The van der Waals surface area contributed by atoms with Gasteiger partial charge >= 0.3 is 5.97 Å². The summed E-state index contributed by atoms with van der Waals surface area (Å²) in [4.78, 5) is 22.9. The molecule has 2 aromatic carbocycles. The molecule has 0 amide bonds. The Kier molecular flexibility index (Phi) is 7.44. The lowest BCUT2D eigenvalue weighted by Crippen LogP contribution is -2.14. The molecule has 150 valence electrons. The third-order valence-corrected chi connectivity index (χ3v) is 3.64. The van der Waals surface area contributed by atoms with Gasteiger partial charge in [-0.3, -0.25) is 10.1 Å². The maximum absolute atomic E-state index is 12.3. The van der Waals surface area contributed by atoms with Gasteiger partial charge in [0.15, 0.2) is 11.5 Å². The highest BCUT2D eigenvalue weighted by Crippen LogP contribution is 2.35. The predicted octanol–water partition coefficient (Wildman–Crippen LogP) is 3.25. The fraction of sp³-hybridized carbons (Fsp3) is 0.316. The molecule has 0 saturated heterocycles. The molecular weight excluding hydrogens is 370 g/mol. The van der Waals surface area contributed by atoms with Gasteiger partial charge < -0.3 is 23.7 Å². The van der Waals surface area contributed by atoms with Crippen molar-refractivity contribution >= 4 is 11.7 Å². The van der Waals surface area contributed by atoms with Crippen LogP contribution in [0.4, 0.5) is 5.69 Å². The van der Waals surface area contributed by atoms with Gasteiger partial charge in [-0.25, -0.2) is 4.79 Å². The molecule has 0 aliphatic rings. The lowest BCUT2D eigenvalue weighted by atomic mass is 10.1. The molecule has 0 N–H and O–H groups in total. The maximum atomic E-state index is 12.3. The summed E-state index contributed by atoms with van der Waals surface area (Å²) < 4.78 is 26.1. The molecule has 9 nitrogen and oxygen atoms in total. The molecule has 0 aliphatic carbocycles. The quantitative estimate of drug-likeness (QED) is 0.263. The van der Waals surface area contributed by atoms with Crippen LogP contribution in [0.3, 0.4) is 0 Å². The molecule has 0 aromatic heterocycles. The van der Waals surface area contributed by atoms with Gasteiger partial charge in [0, 0.05) is 6.07 Å². The SMILES string of the molecule is CCOc1cc(C(=O)OCCOc2ccc(OC)cc2)c([N+](=O)[O-])cc1OC. The molecule has 0 aliphatic heterocycles. The van der Waals surface area contributed by atoms with Gasteiger partial charge in [0.25, 0.3) is 5.69 Å². The second kappa shape index (κ2) is 10.0. The Labute approximate surface area is 161 Å². The molecule has 0 fully saturated rings. The van der Waals surface area contributed by atoms with Crippen LogP contribution < -0.4 is 18.9 Å². The van der Waals surface area contributed by atoms with Crippen molar-refractivity contribution in [1.82, 2.24) is 0 Å². The first-order chi connectivity index (χ1) is 13.5. The molecule has 0 bridgehead atoms. The van der Waals surface area contributed by atoms with Gasteiger partial charge in [-0.2, -0.15) is 0 Å². The van der Waals surface area contributed by atoms with Crippen molar-refractivity contribution in [3.8, 4) is 23.0 Å². The summed E-state index contributed by atoms with van der Waals surface area (Å²) in [5.74, 6) is 0.792. The second-order valence-electron chi connectivity index (χ2n) is 5.37. The zero-order valence-corrected chi connectivity index (χ0v) is 15.8. The van der Waals surface area contributed by atoms with Crippen molar-refractivity contribution in [2.24, 2.45) is 0 Å². The minimum absolute atomic E-state index is 0.0837. The van der Waals surface area contributed by atoms with E-state index < -0.39 is 16.6 Å². The topological polar surface area (TPSA) is 106 Å². The Bertz CT molecular complexity index is 819. The number of nitro groups is 1. The molecule has 2 rings (SSSR count). The molecule has 0 atom stereocenters. The summed E-state index contributed by atoms with van der Waals surface area (Å²) in [6, 6.07) is 9.27. The standard InChI is InChI=1S/C19H21NO8/c1-4-26-18-11-15(16(20(22)23)12-17(18)25-3)19(21)28-10-9-27-14-7-5-13(24-2)6-8-14/h5-8,11-12H,4,9-10H2,1-3H3. The summed E-state index contributed by atoms with van der Waals surface area (Å²) in [5, 5.41) is 11.3. The van der Waals surface area contributed by atoms with Gasteiger partial charge in [0.05, 0.1) is 31.8 Å². The normalized spacial score (nSPS) is 10.1. The number of nitro benzene ring substituents is 1. The van der Waals surface area contributed by atoms with Gasteiger partial charge in [-0.05, 0) is 31.2 Å². The van der Waals surface area contributed by atoms with Crippen molar-refractivity contribution in [3.05, 3.63) is 52.1 Å². The molecule has 0 radical (unpaired) electrons. The van der Waals surface area contributed by atoms with E-state index in [0.29, 0.717) is 18.1 Å². The molecule has 9 heteroatoms. The van der Waals surface area contributed by atoms with E-state index in [4.69, 9.17) is 23.7 Å². The minimum Gasteiger partial charge on any atom is -0.497 e. The number of hydrogen-bond donors (Lipinski definition) is 0. The van der Waals surface area contributed by atoms with Crippen LogP contribution in [0.25, 0.3) is 0 Å². The fourth-order valence-corrected chi connectivity index (χ4v) is 2.34. The van der Waals surface area contributed by atoms with E-state index in [1.54, 1.807) is 38.3 Å². The van der Waals surface area contributed by atoms with Crippen molar-refractivity contribution in [3.63, 3.8) is 0 Å². The van der Waals surface area contributed by atoms with Gasteiger partial charge in [-0.15, -0.1) is 0 Å². The third-order valence-electron chi connectivity index (χ3n) is 3.64. The zero-order valence-electron chi connectivity index (χ0n) is 15.8. The van der Waals surface area contributed by atoms with Crippen molar-refractivity contribution in [2.75, 3.05) is 34.0 Å². The van der Waals surface area contributed by atoms with Gasteiger partial charge in [-0.1, -0.05) is 0 Å². The number of carbonyl (C=O) groups excluding carboxylic acids is 1. The van der Waals surface area contributed by atoms with Crippen LogP contribution in [0.1, 0.15) is 17.3 Å². The van der Waals surface area contributed by atoms with E-state index in [1.165, 1.54) is 13.2 Å². The first kappa shape index (κ1) is 20.8. The third kappa shape index (κ3) is 5.26. The molecule has 0 saturated carbocycles. The summed E-state index contributed by atoms with van der Waals surface area (Å²) in [7, 11) is 2.92. The number of ether oxygens (including phenoxy) is 5. The highest BCUT2D eigenvalue weighted by atomic mass is 16.6. The highest BCUT2D eigenvalue weighted by molar-refractivity contribution is 5.95. The van der Waals surface area contributed by atoms with Crippen LogP contribution in [0.15, 0.2) is 36.4 Å². The Hall–Kier alpha value is -3.49. The number of benzene rings is 2. The van der Waals surface area contributed by atoms with Crippen LogP contribution >= 0.6 is 0 Å². The lowest BCUT2D eigenvalue weighted by Gasteiger charge is -2.12. The van der Waals surface area contributed by atoms with Crippen LogP contribution in [0, 0.1) is 10.1 Å². The zero-order chi connectivity index (χ0) is 20.5. The predicted molar refractivity (Wildman–Crippen MR) is 99.6 cm³/mol. The average molecular weight is 391 g/mol. The first-order valence-corrected chi connectivity index (χ1v) is 8.43. The largest absolute Gasteiger partial charge is 0.497 e. The van der Waals surface area contributed by atoms with Gasteiger partial charge in [0.1, 0.15) is 30.3 Å². The van der Waals surface area contributed by atoms with Crippen molar-refractivity contribution < 1.29 is 33.4 Å². The molecule has 28 heavy (non-hydrogen) atoms. The summed E-state index contributed by atoms with van der Waals surface area (Å²) in [6.45, 7) is 2.05. The highest BCUT2D eigenvalue weighted by Gasteiger charge is 2.25. The number of nitrogens with zero attached hydrogens (tertiary/aromatic N) is 1. The number of carbonyl (C=O) groups is 1. The minimum atomic E-state index is -0.853. The molecule has 0 unspecified atom stereocenters. The summed E-state index contributed by atoms with van der Waals surface area (Å²) >= 11 is 0. The fourth-order valence-electron chi connectivity index (χ4n) is 2.34. The smallest absolute Gasteiger partial charge is 0.345 e. The average Bonchev–Trinajstić information content (AvgIpc) is 2.71. The summed E-state index contributed by atoms with van der Waals surface area (Å²) in [6.07, 6.45) is 0. The number of methoxy groups -OCH3 is 2. The van der Waals surface area contributed by atoms with Crippen molar-refractivity contribution in [1.29, 1.82) is 0 Å². The van der Waals surface area contributed by atoms with Crippen molar-refractivity contribution in [2.45, 2.75) is 6.92 Å². The van der Waals surface area contributed by atoms with Gasteiger partial charge in [0.2, 0.25) is 0 Å². The van der Waals surface area contributed by atoms with E-state index in [-0.39, 0.29) is 30.3 Å². The van der Waals surface area contributed by atoms with Crippen LogP contribution in [-0.4, -0.2) is 44.9 Å². The monoisotopic (exact) mass is 391 g/mol. The Morgan fingerprint density at radius 2 is 1.64 bits per heavy atom. The molecule has 2 aromatic rings. The van der Waals surface area contributed by atoms with Crippen LogP contribution in [0.2, 0.25) is 0 Å². The van der Waals surface area contributed by atoms with Crippen LogP contribution in [-0.2, 0) is 4.74 Å². The second-order valence-corrected chi connectivity index (χ2v) is 5.37. The molecule has 0 spiro atoms. The van der Waals surface area contributed by atoms with E-state index in [9.17, 15) is 14.9 Å². The number of rotatable bonds is 10. The number of hydrogen-bond acceptors (Lipinski definition) is 8. The van der Waals surface area contributed by atoms with E-state index >= 15 is 0 Å². The first-order valence-electron chi connectivity index (χ1n) is 8.43. The maximum Gasteiger partial charge on any atom is 0.345 e. The Morgan fingerprint density at radius 3 is 2.21 bits per heavy atom.